The SMILES string of the molecule is Cc1nc(N2CC[NH+](CC(=O)NC(C)(C)C)CC2)c2c3c(sc2n1)CCC3. The highest BCUT2D eigenvalue weighted by Gasteiger charge is 2.28. The number of piperazine rings is 1. The first kappa shape index (κ1) is 18.6. The predicted octanol–water partition coefficient (Wildman–Crippen LogP) is 1.11. The minimum absolute atomic E-state index is 0.141. The molecular weight excluding hydrogens is 358 g/mol. The second-order valence-corrected chi connectivity index (χ2v) is 9.93. The number of carbonyl (C=O) groups is 1. The number of hydrogen-bond acceptors (Lipinski definition) is 5. The van der Waals surface area contributed by atoms with Crippen molar-refractivity contribution in [3.8, 4) is 0 Å². The minimum atomic E-state index is -0.165. The molecule has 1 amide bonds. The van der Waals surface area contributed by atoms with Crippen LogP contribution in [0.2, 0.25) is 0 Å². The third-order valence-corrected chi connectivity index (χ3v) is 6.54. The average Bonchev–Trinajstić information content (AvgIpc) is 3.13. The molecule has 2 N–H and O–H groups in total. The summed E-state index contributed by atoms with van der Waals surface area (Å²) in [5.41, 5.74) is 1.33. The fourth-order valence-corrected chi connectivity index (χ4v) is 5.51. The molecule has 1 saturated heterocycles. The molecule has 4 rings (SSSR count). The summed E-state index contributed by atoms with van der Waals surface area (Å²) in [5, 5.41) is 4.37. The highest BCUT2D eigenvalue weighted by atomic mass is 32.1. The van der Waals surface area contributed by atoms with E-state index in [1.54, 1.807) is 0 Å². The van der Waals surface area contributed by atoms with E-state index in [1.165, 1.54) is 33.6 Å². The Hall–Kier alpha value is -1.73. The molecule has 0 spiro atoms. The monoisotopic (exact) mass is 388 g/mol. The molecule has 3 heterocycles. The van der Waals surface area contributed by atoms with E-state index in [-0.39, 0.29) is 11.4 Å². The molecule has 7 heteroatoms. The number of quaternary nitrogens is 1. The molecule has 146 valence electrons. The van der Waals surface area contributed by atoms with Crippen molar-refractivity contribution in [2.24, 2.45) is 0 Å². The molecular formula is C20H30N5OS+. The van der Waals surface area contributed by atoms with E-state index in [4.69, 9.17) is 9.97 Å². The molecule has 0 aromatic carbocycles. The molecule has 2 aromatic rings. The van der Waals surface area contributed by atoms with Crippen LogP contribution in [0.4, 0.5) is 5.82 Å². The van der Waals surface area contributed by atoms with Gasteiger partial charge in [0.25, 0.3) is 5.91 Å². The van der Waals surface area contributed by atoms with Gasteiger partial charge in [-0.3, -0.25) is 4.79 Å². The summed E-state index contributed by atoms with van der Waals surface area (Å²) in [4.78, 5) is 28.2. The van der Waals surface area contributed by atoms with E-state index in [0.29, 0.717) is 6.54 Å². The van der Waals surface area contributed by atoms with E-state index in [0.717, 1.165) is 49.1 Å². The number of carbonyl (C=O) groups excluding carboxylic acids is 1. The van der Waals surface area contributed by atoms with Gasteiger partial charge in [0.2, 0.25) is 0 Å². The number of rotatable bonds is 3. The summed E-state index contributed by atoms with van der Waals surface area (Å²) in [6.45, 7) is 12.4. The highest BCUT2D eigenvalue weighted by Crippen LogP contribution is 2.40. The fraction of sp³-hybridized carbons (Fsp3) is 0.650. The smallest absolute Gasteiger partial charge is 0.275 e. The maximum absolute atomic E-state index is 12.2. The second kappa shape index (κ2) is 7.02. The van der Waals surface area contributed by atoms with E-state index in [9.17, 15) is 4.79 Å². The first-order valence-corrected chi connectivity index (χ1v) is 10.8. The van der Waals surface area contributed by atoms with Crippen LogP contribution < -0.4 is 15.1 Å². The van der Waals surface area contributed by atoms with Gasteiger partial charge in [-0.15, -0.1) is 11.3 Å². The molecule has 0 atom stereocenters. The summed E-state index contributed by atoms with van der Waals surface area (Å²) in [6.07, 6.45) is 3.61. The summed E-state index contributed by atoms with van der Waals surface area (Å²) < 4.78 is 0. The number of amides is 1. The number of fused-ring (bicyclic) bond motifs is 3. The minimum Gasteiger partial charge on any atom is -0.347 e. The van der Waals surface area contributed by atoms with Crippen LogP contribution in [0.15, 0.2) is 0 Å². The third kappa shape index (κ3) is 3.94. The topological polar surface area (TPSA) is 62.6 Å². The van der Waals surface area contributed by atoms with Gasteiger partial charge in [0.1, 0.15) is 16.5 Å². The quantitative estimate of drug-likeness (QED) is 0.827. The summed E-state index contributed by atoms with van der Waals surface area (Å²) in [5.74, 6) is 2.12. The second-order valence-electron chi connectivity index (χ2n) is 8.84. The number of thiophene rings is 1. The average molecular weight is 389 g/mol. The Morgan fingerprint density at radius 1 is 1.22 bits per heavy atom. The Kier molecular flexibility index (Phi) is 4.84. The lowest BCUT2D eigenvalue weighted by atomic mass is 10.1. The molecule has 1 fully saturated rings. The summed E-state index contributed by atoms with van der Waals surface area (Å²) in [7, 11) is 0. The van der Waals surface area contributed by atoms with Crippen molar-refractivity contribution < 1.29 is 9.69 Å². The fourth-order valence-electron chi connectivity index (χ4n) is 4.21. The van der Waals surface area contributed by atoms with Crippen molar-refractivity contribution in [2.75, 3.05) is 37.6 Å². The number of aryl methyl sites for hydroxylation is 3. The number of hydrogen-bond donors (Lipinski definition) is 2. The van der Waals surface area contributed by atoms with Crippen molar-refractivity contribution in [3.05, 3.63) is 16.3 Å². The van der Waals surface area contributed by atoms with Crippen LogP contribution in [0, 0.1) is 6.92 Å². The Balaban J connectivity index is 1.48. The lowest BCUT2D eigenvalue weighted by Crippen LogP contribution is -3.16. The van der Waals surface area contributed by atoms with Gasteiger partial charge in [-0.25, -0.2) is 9.97 Å². The van der Waals surface area contributed by atoms with Gasteiger partial charge < -0.3 is 15.1 Å². The molecule has 1 aliphatic heterocycles. The zero-order chi connectivity index (χ0) is 19.2. The van der Waals surface area contributed by atoms with Crippen LogP contribution in [0.3, 0.4) is 0 Å². The summed E-state index contributed by atoms with van der Waals surface area (Å²) in [6, 6.07) is 0. The molecule has 0 radical (unpaired) electrons. The maximum Gasteiger partial charge on any atom is 0.275 e. The van der Waals surface area contributed by atoms with Gasteiger partial charge >= 0.3 is 0 Å². The maximum atomic E-state index is 12.2. The van der Waals surface area contributed by atoms with Gasteiger partial charge in [0, 0.05) is 10.4 Å². The molecule has 2 aliphatic rings. The lowest BCUT2D eigenvalue weighted by molar-refractivity contribution is -0.892. The Morgan fingerprint density at radius 2 is 1.96 bits per heavy atom. The van der Waals surface area contributed by atoms with Crippen molar-refractivity contribution in [2.45, 2.75) is 52.5 Å². The molecule has 0 unspecified atom stereocenters. The molecule has 6 nitrogen and oxygen atoms in total. The highest BCUT2D eigenvalue weighted by molar-refractivity contribution is 7.19. The largest absolute Gasteiger partial charge is 0.347 e. The van der Waals surface area contributed by atoms with Crippen molar-refractivity contribution in [1.82, 2.24) is 15.3 Å². The van der Waals surface area contributed by atoms with Crippen LogP contribution in [0.5, 0.6) is 0 Å². The van der Waals surface area contributed by atoms with Crippen LogP contribution >= 0.6 is 11.3 Å². The zero-order valence-corrected chi connectivity index (χ0v) is 17.6. The normalized spacial score (nSPS) is 18.1. The molecule has 0 saturated carbocycles. The van der Waals surface area contributed by atoms with E-state index >= 15 is 0 Å². The van der Waals surface area contributed by atoms with Gasteiger partial charge in [0.15, 0.2) is 6.54 Å². The van der Waals surface area contributed by atoms with Crippen molar-refractivity contribution in [1.29, 1.82) is 0 Å². The van der Waals surface area contributed by atoms with Gasteiger partial charge in [-0.05, 0) is 52.5 Å². The van der Waals surface area contributed by atoms with Crippen LogP contribution in [0.25, 0.3) is 10.2 Å². The predicted molar refractivity (Wildman–Crippen MR) is 110 cm³/mol. The first-order valence-electron chi connectivity index (χ1n) is 9.98. The first-order chi connectivity index (χ1) is 12.8. The van der Waals surface area contributed by atoms with Crippen LogP contribution in [-0.2, 0) is 17.6 Å². The van der Waals surface area contributed by atoms with Gasteiger partial charge in [-0.1, -0.05) is 0 Å². The standard InChI is InChI=1S/C20H29N5OS/c1-13-21-18(17-14-6-5-7-15(14)27-19(17)22-13)25-10-8-24(9-11-25)12-16(26)23-20(2,3)4/h5-12H2,1-4H3,(H,23,26)/p+1. The molecule has 0 bridgehead atoms. The van der Waals surface area contributed by atoms with Crippen molar-refractivity contribution >= 4 is 33.3 Å². The third-order valence-electron chi connectivity index (χ3n) is 5.35. The number of nitrogens with one attached hydrogen (secondary N) is 2. The van der Waals surface area contributed by atoms with Crippen molar-refractivity contribution in [3.63, 3.8) is 0 Å². The van der Waals surface area contributed by atoms with E-state index in [1.807, 2.05) is 39.0 Å². The number of aromatic nitrogens is 2. The Morgan fingerprint density at radius 3 is 2.67 bits per heavy atom. The number of nitrogens with zero attached hydrogens (tertiary/aromatic N) is 3. The van der Waals surface area contributed by atoms with E-state index in [2.05, 4.69) is 10.2 Å². The van der Waals surface area contributed by atoms with Crippen LogP contribution in [0.1, 0.15) is 43.5 Å². The number of anilines is 1. The lowest BCUT2D eigenvalue weighted by Gasteiger charge is -2.33. The summed E-state index contributed by atoms with van der Waals surface area (Å²) >= 11 is 1.86. The van der Waals surface area contributed by atoms with Crippen LogP contribution in [-0.4, -0.2) is 54.1 Å². The molecule has 2 aromatic heterocycles. The Bertz CT molecular complexity index is 861. The zero-order valence-electron chi connectivity index (χ0n) is 16.8. The van der Waals surface area contributed by atoms with E-state index < -0.39 is 0 Å². The Labute approximate surface area is 165 Å². The molecule has 1 aliphatic carbocycles. The van der Waals surface area contributed by atoms with Gasteiger partial charge in [-0.2, -0.15) is 0 Å². The molecule has 27 heavy (non-hydrogen) atoms. The van der Waals surface area contributed by atoms with Gasteiger partial charge in [0.05, 0.1) is 31.6 Å².